The van der Waals surface area contributed by atoms with Crippen molar-refractivity contribution in [1.29, 1.82) is 0 Å². The molecular weight excluding hydrogens is 178 g/mol. The molecule has 1 aromatic carbocycles. The minimum Gasteiger partial charge on any atom is -0.488 e. The second-order valence-electron chi connectivity index (χ2n) is 3.19. The molecule has 0 amide bonds. The molecule has 70 valence electrons. The lowest BCUT2D eigenvalue weighted by molar-refractivity contribution is 0.316. The lowest BCUT2D eigenvalue weighted by Crippen LogP contribution is -2.09. The normalized spacial score (nSPS) is 16.6. The fourth-order valence-electron chi connectivity index (χ4n) is 1.68. The summed E-state index contributed by atoms with van der Waals surface area (Å²) in [6.07, 6.45) is 5.87. The summed E-state index contributed by atoms with van der Waals surface area (Å²) in [5.41, 5.74) is 2.05. The van der Waals surface area contributed by atoms with E-state index in [-0.39, 0.29) is 0 Å². The van der Waals surface area contributed by atoms with Crippen molar-refractivity contribution in [3.8, 4) is 11.5 Å². The van der Waals surface area contributed by atoms with Crippen molar-refractivity contribution in [3.63, 3.8) is 0 Å². The molecule has 0 N–H and O–H groups in total. The van der Waals surface area contributed by atoms with E-state index >= 15 is 0 Å². The first kappa shape index (κ1) is 7.62. The third-order valence-corrected chi connectivity index (χ3v) is 2.32. The molecule has 0 saturated carbocycles. The van der Waals surface area contributed by atoms with Gasteiger partial charge in [-0.3, -0.25) is 4.99 Å². The van der Waals surface area contributed by atoms with E-state index in [4.69, 9.17) is 9.47 Å². The lowest BCUT2D eigenvalue weighted by Gasteiger charge is -2.19. The summed E-state index contributed by atoms with van der Waals surface area (Å²) in [6, 6.07) is 3.96. The van der Waals surface area contributed by atoms with Crippen molar-refractivity contribution in [2.75, 3.05) is 13.3 Å². The molecule has 2 aliphatic heterocycles. The molecule has 3 nitrogen and oxygen atoms in total. The standard InChI is InChI=1S/C11H9NO2/c1-2-8-3-4-10-9(6-12-7-14-10)11(8)13-5-1/h1-4,6H,5,7H2. The van der Waals surface area contributed by atoms with Crippen LogP contribution >= 0.6 is 0 Å². The number of hydrogen-bond acceptors (Lipinski definition) is 3. The molecule has 2 aliphatic rings. The van der Waals surface area contributed by atoms with Crippen molar-refractivity contribution in [3.05, 3.63) is 29.3 Å². The van der Waals surface area contributed by atoms with Gasteiger partial charge in [-0.1, -0.05) is 6.08 Å². The maximum absolute atomic E-state index is 5.56. The zero-order valence-electron chi connectivity index (χ0n) is 7.56. The van der Waals surface area contributed by atoms with E-state index in [9.17, 15) is 0 Å². The predicted octanol–water partition coefficient (Wildman–Crippen LogP) is 1.86. The minimum absolute atomic E-state index is 0.404. The third-order valence-electron chi connectivity index (χ3n) is 2.32. The first-order valence-electron chi connectivity index (χ1n) is 4.54. The van der Waals surface area contributed by atoms with E-state index in [1.807, 2.05) is 24.4 Å². The van der Waals surface area contributed by atoms with Gasteiger partial charge in [0.2, 0.25) is 0 Å². The molecule has 14 heavy (non-hydrogen) atoms. The van der Waals surface area contributed by atoms with Crippen LogP contribution in [0.2, 0.25) is 0 Å². The smallest absolute Gasteiger partial charge is 0.179 e. The van der Waals surface area contributed by atoms with E-state index in [1.54, 1.807) is 0 Å². The summed E-state index contributed by atoms with van der Waals surface area (Å²) in [6.45, 7) is 1.03. The summed E-state index contributed by atoms with van der Waals surface area (Å²) >= 11 is 0. The fourth-order valence-corrected chi connectivity index (χ4v) is 1.68. The zero-order valence-corrected chi connectivity index (χ0v) is 7.56. The van der Waals surface area contributed by atoms with Crippen molar-refractivity contribution in [1.82, 2.24) is 0 Å². The van der Waals surface area contributed by atoms with Gasteiger partial charge in [0.25, 0.3) is 0 Å². The number of aliphatic imine (C=N–C) groups is 1. The van der Waals surface area contributed by atoms with Gasteiger partial charge in [0.15, 0.2) is 6.73 Å². The van der Waals surface area contributed by atoms with Crippen LogP contribution in [0.25, 0.3) is 6.08 Å². The molecule has 3 heteroatoms. The van der Waals surface area contributed by atoms with Crippen molar-refractivity contribution < 1.29 is 9.47 Å². The molecule has 0 aliphatic carbocycles. The van der Waals surface area contributed by atoms with Crippen LogP contribution in [0.1, 0.15) is 11.1 Å². The van der Waals surface area contributed by atoms with Crippen LogP contribution in [0.4, 0.5) is 0 Å². The maximum Gasteiger partial charge on any atom is 0.179 e. The molecule has 0 radical (unpaired) electrons. The molecule has 0 fully saturated rings. The van der Waals surface area contributed by atoms with Gasteiger partial charge in [0.05, 0.1) is 5.56 Å². The molecule has 0 atom stereocenters. The van der Waals surface area contributed by atoms with Gasteiger partial charge in [-0.2, -0.15) is 0 Å². The van der Waals surface area contributed by atoms with Gasteiger partial charge >= 0.3 is 0 Å². The molecule has 1 aromatic rings. The van der Waals surface area contributed by atoms with Gasteiger partial charge in [-0.15, -0.1) is 0 Å². The van der Waals surface area contributed by atoms with Crippen molar-refractivity contribution in [2.45, 2.75) is 0 Å². The first-order valence-corrected chi connectivity index (χ1v) is 4.54. The van der Waals surface area contributed by atoms with Crippen LogP contribution in [0.5, 0.6) is 11.5 Å². The van der Waals surface area contributed by atoms with Gasteiger partial charge in [-0.25, -0.2) is 0 Å². The molecule has 0 unspecified atom stereocenters. The molecule has 0 bridgehead atoms. The van der Waals surface area contributed by atoms with Crippen LogP contribution in [0, 0.1) is 0 Å². The van der Waals surface area contributed by atoms with Gasteiger partial charge in [0.1, 0.15) is 18.1 Å². The number of rotatable bonds is 0. The highest BCUT2D eigenvalue weighted by molar-refractivity contribution is 5.90. The summed E-state index contributed by atoms with van der Waals surface area (Å²) in [7, 11) is 0. The Bertz CT molecular complexity index is 435. The van der Waals surface area contributed by atoms with Crippen LogP contribution < -0.4 is 9.47 Å². The monoisotopic (exact) mass is 187 g/mol. The summed E-state index contributed by atoms with van der Waals surface area (Å²) in [5, 5.41) is 0. The highest BCUT2D eigenvalue weighted by atomic mass is 16.5. The Morgan fingerprint density at radius 3 is 3.21 bits per heavy atom. The van der Waals surface area contributed by atoms with E-state index in [1.165, 1.54) is 0 Å². The average molecular weight is 187 g/mol. The van der Waals surface area contributed by atoms with Gasteiger partial charge in [0, 0.05) is 11.8 Å². The van der Waals surface area contributed by atoms with Crippen LogP contribution in [-0.2, 0) is 0 Å². The molecule has 0 spiro atoms. The van der Waals surface area contributed by atoms with Gasteiger partial charge < -0.3 is 9.47 Å². The second-order valence-corrected chi connectivity index (χ2v) is 3.19. The lowest BCUT2D eigenvalue weighted by atomic mass is 10.1. The Labute approximate surface area is 81.7 Å². The van der Waals surface area contributed by atoms with E-state index in [2.05, 4.69) is 11.1 Å². The Hall–Kier alpha value is -1.77. The number of benzene rings is 1. The average Bonchev–Trinajstić information content (AvgIpc) is 2.29. The van der Waals surface area contributed by atoms with E-state index in [0.717, 1.165) is 22.6 Å². The topological polar surface area (TPSA) is 30.8 Å². The number of fused-ring (bicyclic) bond motifs is 3. The molecule has 0 saturated heterocycles. The highest BCUT2D eigenvalue weighted by Crippen LogP contribution is 2.34. The fraction of sp³-hybridized carbons (Fsp3) is 0.182. The van der Waals surface area contributed by atoms with Crippen LogP contribution in [0.3, 0.4) is 0 Å². The maximum atomic E-state index is 5.56. The zero-order chi connectivity index (χ0) is 9.38. The van der Waals surface area contributed by atoms with Crippen LogP contribution in [0.15, 0.2) is 23.2 Å². The molecule has 3 rings (SSSR count). The number of ether oxygens (including phenoxy) is 2. The van der Waals surface area contributed by atoms with Crippen molar-refractivity contribution in [2.24, 2.45) is 4.99 Å². The molecule has 0 aromatic heterocycles. The Balaban J connectivity index is 2.24. The summed E-state index contributed by atoms with van der Waals surface area (Å²) in [4.78, 5) is 4.08. The quantitative estimate of drug-likeness (QED) is 0.620. The van der Waals surface area contributed by atoms with E-state index in [0.29, 0.717) is 13.3 Å². The van der Waals surface area contributed by atoms with Gasteiger partial charge in [-0.05, 0) is 18.2 Å². The second kappa shape index (κ2) is 2.87. The largest absolute Gasteiger partial charge is 0.488 e. The minimum atomic E-state index is 0.404. The third kappa shape index (κ3) is 1.02. The van der Waals surface area contributed by atoms with E-state index < -0.39 is 0 Å². The highest BCUT2D eigenvalue weighted by Gasteiger charge is 2.16. The first-order chi connectivity index (χ1) is 6.95. The molecule has 2 heterocycles. The Kier molecular flexibility index (Phi) is 1.56. The SMILES string of the molecule is C1=Cc2ccc3c(c2OC1)C=NCO3. The Morgan fingerprint density at radius 1 is 1.21 bits per heavy atom. The van der Waals surface area contributed by atoms with Crippen molar-refractivity contribution >= 4 is 12.3 Å². The van der Waals surface area contributed by atoms with Crippen LogP contribution in [-0.4, -0.2) is 19.6 Å². The molecular formula is C11H9NO2. The predicted molar refractivity (Wildman–Crippen MR) is 54.1 cm³/mol. The Morgan fingerprint density at radius 2 is 2.21 bits per heavy atom. The summed E-state index contributed by atoms with van der Waals surface area (Å²) in [5.74, 6) is 1.74. The summed E-state index contributed by atoms with van der Waals surface area (Å²) < 4.78 is 11.0. The number of hydrogen-bond donors (Lipinski definition) is 0. The number of nitrogens with zero attached hydrogens (tertiary/aromatic N) is 1.